The fourth-order valence-corrected chi connectivity index (χ4v) is 2.46. The van der Waals surface area contributed by atoms with E-state index in [-0.39, 0.29) is 37.1 Å². The van der Waals surface area contributed by atoms with Crippen LogP contribution < -0.4 is 10.6 Å². The van der Waals surface area contributed by atoms with Gasteiger partial charge in [0.15, 0.2) is 0 Å². The SMILES string of the molecule is CN1CCC(CNC(=O)C2CC(F)(F)CN2)C1.Cl.Cl. The van der Waals surface area contributed by atoms with Gasteiger partial charge in [-0.1, -0.05) is 0 Å². The van der Waals surface area contributed by atoms with Gasteiger partial charge in [0, 0.05) is 19.5 Å². The van der Waals surface area contributed by atoms with Crippen molar-refractivity contribution in [3.8, 4) is 0 Å². The summed E-state index contributed by atoms with van der Waals surface area (Å²) in [6, 6.07) is -0.732. The van der Waals surface area contributed by atoms with Crippen molar-refractivity contribution in [3.63, 3.8) is 0 Å². The Kier molecular flexibility index (Phi) is 7.50. The number of amides is 1. The van der Waals surface area contributed by atoms with E-state index in [0.717, 1.165) is 19.5 Å². The molecule has 2 saturated heterocycles. The van der Waals surface area contributed by atoms with Gasteiger partial charge in [-0.25, -0.2) is 8.78 Å². The predicted molar refractivity (Wildman–Crippen MR) is 74.5 cm³/mol. The smallest absolute Gasteiger partial charge is 0.262 e. The highest BCUT2D eigenvalue weighted by atomic mass is 35.5. The maximum atomic E-state index is 12.9. The van der Waals surface area contributed by atoms with Crippen molar-refractivity contribution in [1.29, 1.82) is 0 Å². The molecule has 2 aliphatic rings. The van der Waals surface area contributed by atoms with E-state index in [9.17, 15) is 13.6 Å². The Bertz CT molecular complexity index is 308. The molecule has 2 rings (SSSR count). The summed E-state index contributed by atoms with van der Waals surface area (Å²) in [6.45, 7) is 2.21. The Labute approximate surface area is 124 Å². The van der Waals surface area contributed by atoms with Gasteiger partial charge in [-0.3, -0.25) is 10.1 Å². The number of nitrogens with one attached hydrogen (secondary N) is 2. The van der Waals surface area contributed by atoms with Crippen LogP contribution in [0.4, 0.5) is 8.78 Å². The Morgan fingerprint density at radius 3 is 2.63 bits per heavy atom. The monoisotopic (exact) mass is 319 g/mol. The van der Waals surface area contributed by atoms with Gasteiger partial charge in [-0.15, -0.1) is 24.8 Å². The summed E-state index contributed by atoms with van der Waals surface area (Å²) in [5, 5.41) is 5.32. The van der Waals surface area contributed by atoms with Crippen LogP contribution in [0.2, 0.25) is 0 Å². The minimum Gasteiger partial charge on any atom is -0.354 e. The number of hydrogen-bond acceptors (Lipinski definition) is 3. The lowest BCUT2D eigenvalue weighted by Crippen LogP contribution is -2.42. The Balaban J connectivity index is 0.00000162. The molecule has 8 heteroatoms. The van der Waals surface area contributed by atoms with E-state index < -0.39 is 18.5 Å². The van der Waals surface area contributed by atoms with Gasteiger partial charge in [0.05, 0.1) is 12.6 Å². The van der Waals surface area contributed by atoms with E-state index in [2.05, 4.69) is 15.5 Å². The van der Waals surface area contributed by atoms with Crippen LogP contribution in [0.3, 0.4) is 0 Å². The first-order valence-electron chi connectivity index (χ1n) is 6.04. The maximum Gasteiger partial charge on any atom is 0.262 e. The minimum atomic E-state index is -2.74. The second kappa shape index (κ2) is 7.57. The highest BCUT2D eigenvalue weighted by Crippen LogP contribution is 2.25. The fourth-order valence-electron chi connectivity index (χ4n) is 2.46. The molecule has 0 aliphatic carbocycles. The van der Waals surface area contributed by atoms with Crippen LogP contribution in [0.1, 0.15) is 12.8 Å². The summed E-state index contributed by atoms with van der Waals surface area (Å²) in [4.78, 5) is 13.9. The van der Waals surface area contributed by atoms with E-state index in [1.807, 2.05) is 7.05 Å². The van der Waals surface area contributed by atoms with Gasteiger partial charge in [0.1, 0.15) is 0 Å². The molecule has 2 heterocycles. The normalized spacial score (nSPS) is 29.4. The van der Waals surface area contributed by atoms with Crippen molar-refractivity contribution < 1.29 is 13.6 Å². The number of alkyl halides is 2. The molecule has 0 radical (unpaired) electrons. The van der Waals surface area contributed by atoms with Crippen molar-refractivity contribution >= 4 is 30.7 Å². The average molecular weight is 320 g/mol. The number of nitrogens with zero attached hydrogens (tertiary/aromatic N) is 1. The first-order valence-corrected chi connectivity index (χ1v) is 6.04. The van der Waals surface area contributed by atoms with Gasteiger partial charge >= 0.3 is 0 Å². The summed E-state index contributed by atoms with van der Waals surface area (Å²) in [6.07, 6.45) is 0.675. The van der Waals surface area contributed by atoms with Crippen LogP contribution in [0, 0.1) is 5.92 Å². The number of carbonyl (C=O) groups excluding carboxylic acids is 1. The number of rotatable bonds is 3. The number of carbonyl (C=O) groups is 1. The van der Waals surface area contributed by atoms with Gasteiger partial charge in [0.25, 0.3) is 5.92 Å². The lowest BCUT2D eigenvalue weighted by Gasteiger charge is -2.14. The Morgan fingerprint density at radius 2 is 2.16 bits per heavy atom. The van der Waals surface area contributed by atoms with Crippen LogP contribution in [0.15, 0.2) is 0 Å². The van der Waals surface area contributed by atoms with Crippen molar-refractivity contribution in [3.05, 3.63) is 0 Å². The summed E-state index contributed by atoms with van der Waals surface area (Å²) < 4.78 is 25.8. The van der Waals surface area contributed by atoms with Gasteiger partial charge < -0.3 is 10.2 Å². The van der Waals surface area contributed by atoms with Gasteiger partial charge in [0.2, 0.25) is 5.91 Å². The van der Waals surface area contributed by atoms with E-state index in [4.69, 9.17) is 0 Å². The fraction of sp³-hybridized carbons (Fsp3) is 0.909. The molecule has 2 atom stereocenters. The molecular weight excluding hydrogens is 299 g/mol. The third kappa shape index (κ3) is 5.38. The van der Waals surface area contributed by atoms with Gasteiger partial charge in [-0.05, 0) is 25.9 Å². The van der Waals surface area contributed by atoms with E-state index in [1.165, 1.54) is 0 Å². The van der Waals surface area contributed by atoms with Crippen molar-refractivity contribution in [2.45, 2.75) is 24.8 Å². The zero-order chi connectivity index (χ0) is 12.5. The molecule has 2 N–H and O–H groups in total. The van der Waals surface area contributed by atoms with Crippen molar-refractivity contribution in [2.24, 2.45) is 5.92 Å². The summed E-state index contributed by atoms with van der Waals surface area (Å²) in [5.74, 6) is -2.59. The van der Waals surface area contributed by atoms with E-state index in [1.54, 1.807) is 0 Å². The summed E-state index contributed by atoms with van der Waals surface area (Å²) in [7, 11) is 2.04. The minimum absolute atomic E-state index is 0. The molecule has 0 aromatic rings. The van der Waals surface area contributed by atoms with Crippen LogP contribution in [0.25, 0.3) is 0 Å². The lowest BCUT2D eigenvalue weighted by atomic mass is 10.1. The van der Waals surface area contributed by atoms with Crippen LogP contribution in [-0.4, -0.2) is 56.0 Å². The molecule has 0 aromatic heterocycles. The van der Waals surface area contributed by atoms with E-state index in [0.29, 0.717) is 12.5 Å². The first kappa shape index (κ1) is 18.8. The molecule has 4 nitrogen and oxygen atoms in total. The summed E-state index contributed by atoms with van der Waals surface area (Å²) in [5.41, 5.74) is 0. The molecule has 0 spiro atoms. The second-order valence-corrected chi connectivity index (χ2v) is 5.16. The number of likely N-dealkylation sites (tertiary alicyclic amines) is 1. The molecule has 0 bridgehead atoms. The third-order valence-corrected chi connectivity index (χ3v) is 3.48. The van der Waals surface area contributed by atoms with Crippen LogP contribution in [0.5, 0.6) is 0 Å². The second-order valence-electron chi connectivity index (χ2n) is 5.16. The number of hydrogen-bond donors (Lipinski definition) is 2. The highest BCUT2D eigenvalue weighted by Gasteiger charge is 2.42. The zero-order valence-corrected chi connectivity index (χ0v) is 12.5. The average Bonchev–Trinajstić information content (AvgIpc) is 2.81. The summed E-state index contributed by atoms with van der Waals surface area (Å²) >= 11 is 0. The van der Waals surface area contributed by atoms with Crippen LogP contribution >= 0.6 is 24.8 Å². The molecule has 0 aromatic carbocycles. The number of halogens is 4. The first-order chi connectivity index (χ1) is 7.96. The lowest BCUT2D eigenvalue weighted by molar-refractivity contribution is -0.123. The standard InChI is InChI=1S/C11H19F2N3O.2ClH/c1-16-3-2-8(6-16)5-14-10(17)9-4-11(12,13)7-15-9;;/h8-9,15H,2-7H2,1H3,(H,14,17);2*1H. The molecule has 1 amide bonds. The molecule has 2 aliphatic heterocycles. The molecular formula is C11H21Cl2F2N3O. The molecule has 114 valence electrons. The zero-order valence-electron chi connectivity index (χ0n) is 10.8. The third-order valence-electron chi connectivity index (χ3n) is 3.48. The van der Waals surface area contributed by atoms with Crippen LogP contribution in [-0.2, 0) is 4.79 Å². The molecule has 19 heavy (non-hydrogen) atoms. The quantitative estimate of drug-likeness (QED) is 0.812. The van der Waals surface area contributed by atoms with Gasteiger partial charge in [-0.2, -0.15) is 0 Å². The largest absolute Gasteiger partial charge is 0.354 e. The molecule has 2 fully saturated rings. The van der Waals surface area contributed by atoms with Crippen molar-refractivity contribution in [2.75, 3.05) is 33.2 Å². The Hall–Kier alpha value is -0.170. The van der Waals surface area contributed by atoms with E-state index >= 15 is 0 Å². The maximum absolute atomic E-state index is 12.9. The van der Waals surface area contributed by atoms with Crippen molar-refractivity contribution in [1.82, 2.24) is 15.5 Å². The topological polar surface area (TPSA) is 44.4 Å². The Morgan fingerprint density at radius 1 is 1.47 bits per heavy atom. The predicted octanol–water partition coefficient (Wildman–Crippen LogP) is 0.895. The molecule has 0 saturated carbocycles. The molecule has 2 unspecified atom stereocenters. The highest BCUT2D eigenvalue weighted by molar-refractivity contribution is 5.85.